The highest BCUT2D eigenvalue weighted by molar-refractivity contribution is 7.92. The van der Waals surface area contributed by atoms with Crippen LogP contribution in [-0.2, 0) is 21.2 Å². The maximum absolute atomic E-state index is 12.3. The van der Waals surface area contributed by atoms with E-state index in [4.69, 9.17) is 0 Å². The molecule has 0 aliphatic heterocycles. The molecule has 2 aromatic carbocycles. The molecule has 2 N–H and O–H groups in total. The van der Waals surface area contributed by atoms with Crippen molar-refractivity contribution in [2.45, 2.75) is 11.3 Å². The van der Waals surface area contributed by atoms with Gasteiger partial charge in [-0.15, -0.1) is 0 Å². The SMILES string of the molecule is O=C(Cc1ccccc1[N+](=O)[O-])Nc1ccc(S(=O)(=O)Nc2ncccn2)cc1. The molecule has 0 fully saturated rings. The summed E-state index contributed by atoms with van der Waals surface area (Å²) in [7, 11) is -3.88. The van der Waals surface area contributed by atoms with Crippen molar-refractivity contribution in [2.75, 3.05) is 10.0 Å². The molecule has 0 saturated carbocycles. The van der Waals surface area contributed by atoms with E-state index in [-0.39, 0.29) is 28.5 Å². The quantitative estimate of drug-likeness (QED) is 0.447. The predicted octanol–water partition coefficient (Wildman–Crippen LogP) is 2.37. The number of carbonyl (C=O) groups excluding carboxylic acids is 1. The van der Waals surface area contributed by atoms with Gasteiger partial charge in [0, 0.05) is 29.7 Å². The Morgan fingerprint density at radius 1 is 1.00 bits per heavy atom. The third kappa shape index (κ3) is 5.11. The minimum Gasteiger partial charge on any atom is -0.326 e. The van der Waals surface area contributed by atoms with Crippen molar-refractivity contribution < 1.29 is 18.1 Å². The number of nitro benzene ring substituents is 1. The number of rotatable bonds is 7. The maximum Gasteiger partial charge on any atom is 0.273 e. The van der Waals surface area contributed by atoms with Gasteiger partial charge in [0.2, 0.25) is 11.9 Å². The second-order valence-corrected chi connectivity index (χ2v) is 7.50. The first-order valence-corrected chi connectivity index (χ1v) is 9.75. The molecule has 29 heavy (non-hydrogen) atoms. The van der Waals surface area contributed by atoms with Gasteiger partial charge in [-0.2, -0.15) is 0 Å². The van der Waals surface area contributed by atoms with Gasteiger partial charge >= 0.3 is 0 Å². The Labute approximate surface area is 165 Å². The number of benzene rings is 2. The zero-order chi connectivity index (χ0) is 20.9. The Morgan fingerprint density at radius 2 is 1.66 bits per heavy atom. The Hall–Kier alpha value is -3.86. The fraction of sp³-hybridized carbons (Fsp3) is 0.0556. The second kappa shape index (κ2) is 8.44. The number of para-hydroxylation sites is 1. The molecule has 0 aliphatic carbocycles. The van der Waals surface area contributed by atoms with E-state index in [9.17, 15) is 23.3 Å². The molecule has 0 aliphatic rings. The molecule has 3 aromatic rings. The van der Waals surface area contributed by atoms with Crippen LogP contribution < -0.4 is 10.0 Å². The van der Waals surface area contributed by atoms with Crippen molar-refractivity contribution in [3.63, 3.8) is 0 Å². The fourth-order valence-corrected chi connectivity index (χ4v) is 3.42. The summed E-state index contributed by atoms with van der Waals surface area (Å²) in [6, 6.07) is 13.0. The molecule has 1 amide bonds. The highest BCUT2D eigenvalue weighted by Gasteiger charge is 2.17. The van der Waals surface area contributed by atoms with Gasteiger partial charge in [0.15, 0.2) is 0 Å². The highest BCUT2D eigenvalue weighted by atomic mass is 32.2. The number of anilines is 2. The number of nitro groups is 1. The van der Waals surface area contributed by atoms with Crippen LogP contribution in [0.25, 0.3) is 0 Å². The lowest BCUT2D eigenvalue weighted by atomic mass is 10.1. The van der Waals surface area contributed by atoms with E-state index in [1.807, 2.05) is 0 Å². The normalized spacial score (nSPS) is 10.9. The Balaban J connectivity index is 1.68. The molecule has 1 aromatic heterocycles. The van der Waals surface area contributed by atoms with Crippen LogP contribution in [-0.4, -0.2) is 29.2 Å². The molecule has 0 bridgehead atoms. The molecule has 0 unspecified atom stereocenters. The van der Waals surface area contributed by atoms with Gasteiger partial charge in [0.1, 0.15) is 0 Å². The van der Waals surface area contributed by atoms with Gasteiger partial charge in [-0.3, -0.25) is 14.9 Å². The molecule has 3 rings (SSSR count). The lowest BCUT2D eigenvalue weighted by Gasteiger charge is -2.08. The summed E-state index contributed by atoms with van der Waals surface area (Å²) in [5, 5.41) is 13.6. The third-order valence-corrected chi connectivity index (χ3v) is 5.12. The molecular formula is C18H15N5O5S. The number of aromatic nitrogens is 2. The average molecular weight is 413 g/mol. The van der Waals surface area contributed by atoms with E-state index in [0.29, 0.717) is 5.69 Å². The van der Waals surface area contributed by atoms with Crippen LogP contribution >= 0.6 is 0 Å². The third-order valence-electron chi connectivity index (χ3n) is 3.78. The zero-order valence-corrected chi connectivity index (χ0v) is 15.7. The number of nitrogens with zero attached hydrogens (tertiary/aromatic N) is 3. The van der Waals surface area contributed by atoms with Crippen LogP contribution in [0.4, 0.5) is 17.3 Å². The molecule has 0 spiro atoms. The van der Waals surface area contributed by atoms with Crippen LogP contribution in [0, 0.1) is 10.1 Å². The first-order valence-electron chi connectivity index (χ1n) is 8.27. The van der Waals surface area contributed by atoms with Gasteiger partial charge in [-0.1, -0.05) is 18.2 Å². The van der Waals surface area contributed by atoms with E-state index in [1.54, 1.807) is 12.1 Å². The van der Waals surface area contributed by atoms with Crippen molar-refractivity contribution in [3.8, 4) is 0 Å². The highest BCUT2D eigenvalue weighted by Crippen LogP contribution is 2.20. The number of sulfonamides is 1. The number of hydrogen-bond acceptors (Lipinski definition) is 7. The standard InChI is InChI=1S/C18H15N5O5S/c24-17(12-13-4-1-2-5-16(13)23(25)26)21-14-6-8-15(9-7-14)29(27,28)22-18-19-10-3-11-20-18/h1-11H,12H2,(H,21,24)(H,19,20,22). The van der Waals surface area contributed by atoms with Gasteiger partial charge in [0.05, 0.1) is 16.2 Å². The predicted molar refractivity (Wildman–Crippen MR) is 105 cm³/mol. The van der Waals surface area contributed by atoms with Crippen molar-refractivity contribution in [1.29, 1.82) is 0 Å². The fourth-order valence-electron chi connectivity index (χ4n) is 2.46. The van der Waals surface area contributed by atoms with Gasteiger partial charge in [-0.25, -0.2) is 23.1 Å². The number of carbonyl (C=O) groups is 1. The minimum atomic E-state index is -3.88. The van der Waals surface area contributed by atoms with Crippen molar-refractivity contribution in [2.24, 2.45) is 0 Å². The topological polar surface area (TPSA) is 144 Å². The summed E-state index contributed by atoms with van der Waals surface area (Å²) < 4.78 is 26.9. The molecule has 0 radical (unpaired) electrons. The van der Waals surface area contributed by atoms with Crippen LogP contribution in [0.3, 0.4) is 0 Å². The van der Waals surface area contributed by atoms with Crippen molar-refractivity contribution >= 4 is 33.3 Å². The van der Waals surface area contributed by atoms with Crippen LogP contribution in [0.15, 0.2) is 71.9 Å². The minimum absolute atomic E-state index is 0.0401. The summed E-state index contributed by atoms with van der Waals surface area (Å²) in [6.45, 7) is 0. The van der Waals surface area contributed by atoms with E-state index in [2.05, 4.69) is 20.0 Å². The van der Waals surface area contributed by atoms with E-state index in [0.717, 1.165) is 0 Å². The number of nitrogens with one attached hydrogen (secondary N) is 2. The largest absolute Gasteiger partial charge is 0.326 e. The first kappa shape index (κ1) is 19.9. The van der Waals surface area contributed by atoms with E-state index >= 15 is 0 Å². The summed E-state index contributed by atoms with van der Waals surface area (Å²) in [4.78, 5) is 30.2. The maximum atomic E-state index is 12.3. The average Bonchev–Trinajstić information content (AvgIpc) is 2.69. The molecule has 1 heterocycles. The molecule has 148 valence electrons. The Kier molecular flexibility index (Phi) is 5.79. The summed E-state index contributed by atoms with van der Waals surface area (Å²) in [5.74, 6) is -0.528. The van der Waals surface area contributed by atoms with Gasteiger partial charge in [-0.05, 0) is 30.3 Å². The Morgan fingerprint density at radius 3 is 2.31 bits per heavy atom. The number of hydrogen-bond donors (Lipinski definition) is 2. The Bertz CT molecular complexity index is 1130. The first-order chi connectivity index (χ1) is 13.8. The summed E-state index contributed by atoms with van der Waals surface area (Å²) >= 11 is 0. The molecule has 0 atom stereocenters. The molecule has 11 heteroatoms. The van der Waals surface area contributed by atoms with Crippen LogP contribution in [0.2, 0.25) is 0 Å². The molecule has 10 nitrogen and oxygen atoms in total. The van der Waals surface area contributed by atoms with Crippen molar-refractivity contribution in [1.82, 2.24) is 9.97 Å². The van der Waals surface area contributed by atoms with E-state index < -0.39 is 20.9 Å². The zero-order valence-electron chi connectivity index (χ0n) is 14.8. The van der Waals surface area contributed by atoms with Crippen LogP contribution in [0.1, 0.15) is 5.56 Å². The summed E-state index contributed by atoms with van der Waals surface area (Å²) in [5.41, 5.74) is 0.489. The number of amides is 1. The summed E-state index contributed by atoms with van der Waals surface area (Å²) in [6.07, 6.45) is 2.62. The van der Waals surface area contributed by atoms with Crippen molar-refractivity contribution in [3.05, 3.63) is 82.7 Å². The smallest absolute Gasteiger partial charge is 0.273 e. The van der Waals surface area contributed by atoms with E-state index in [1.165, 1.54) is 54.9 Å². The van der Waals surface area contributed by atoms with Crippen LogP contribution in [0.5, 0.6) is 0 Å². The second-order valence-electron chi connectivity index (χ2n) is 5.81. The monoisotopic (exact) mass is 413 g/mol. The van der Waals surface area contributed by atoms with Gasteiger partial charge < -0.3 is 5.32 Å². The lowest BCUT2D eigenvalue weighted by molar-refractivity contribution is -0.385. The molecular weight excluding hydrogens is 398 g/mol. The lowest BCUT2D eigenvalue weighted by Crippen LogP contribution is -2.16. The van der Waals surface area contributed by atoms with Gasteiger partial charge in [0.25, 0.3) is 15.7 Å². The molecule has 0 saturated heterocycles.